The van der Waals surface area contributed by atoms with Gasteiger partial charge in [0.25, 0.3) is 5.56 Å². The van der Waals surface area contributed by atoms with Gasteiger partial charge in [0, 0.05) is 22.8 Å². The largest absolute Gasteiger partial charge is 0.328 e. The van der Waals surface area contributed by atoms with Crippen molar-refractivity contribution in [2.75, 3.05) is 13.1 Å². The van der Waals surface area contributed by atoms with Gasteiger partial charge in [0.1, 0.15) is 17.2 Å². The molecular weight excluding hydrogens is 349 g/mol. The van der Waals surface area contributed by atoms with Crippen molar-refractivity contribution in [3.8, 4) is 11.1 Å². The molecular formula is C20H23FN3OS+. The van der Waals surface area contributed by atoms with E-state index in [-0.39, 0.29) is 11.4 Å². The molecule has 0 spiro atoms. The van der Waals surface area contributed by atoms with Crippen molar-refractivity contribution in [2.24, 2.45) is 11.8 Å². The smallest absolute Gasteiger partial charge is 0.260 e. The summed E-state index contributed by atoms with van der Waals surface area (Å²) in [6, 6.07) is 6.23. The highest BCUT2D eigenvalue weighted by Crippen LogP contribution is 2.30. The summed E-state index contributed by atoms with van der Waals surface area (Å²) in [6.45, 7) is 7.59. The zero-order valence-electron chi connectivity index (χ0n) is 15.0. The second-order valence-electron chi connectivity index (χ2n) is 7.63. The van der Waals surface area contributed by atoms with Crippen molar-refractivity contribution < 1.29 is 9.29 Å². The highest BCUT2D eigenvalue weighted by molar-refractivity contribution is 7.17. The summed E-state index contributed by atoms with van der Waals surface area (Å²) in [5, 5.41) is 2.53. The number of nitrogens with zero attached hydrogens (tertiary/aromatic N) is 1. The second kappa shape index (κ2) is 6.93. The Morgan fingerprint density at radius 2 is 1.92 bits per heavy atom. The summed E-state index contributed by atoms with van der Waals surface area (Å²) in [7, 11) is 0. The molecule has 2 N–H and O–H groups in total. The number of aromatic nitrogens is 2. The van der Waals surface area contributed by atoms with Gasteiger partial charge in [-0.25, -0.2) is 9.37 Å². The average molecular weight is 372 g/mol. The highest BCUT2D eigenvalue weighted by Gasteiger charge is 2.26. The SMILES string of the molecule is C[C@H]1C[C@H](C)C[NH+](Cc2nc3scc(-c4ccc(F)cc4)c3c(=O)[nH]2)C1. The molecule has 4 rings (SSSR count). The van der Waals surface area contributed by atoms with Crippen molar-refractivity contribution >= 4 is 21.6 Å². The summed E-state index contributed by atoms with van der Waals surface area (Å²) in [6.07, 6.45) is 1.28. The molecule has 0 aliphatic carbocycles. The Bertz CT molecular complexity index is 969. The lowest BCUT2D eigenvalue weighted by Crippen LogP contribution is -3.13. The van der Waals surface area contributed by atoms with Crippen LogP contribution in [0.25, 0.3) is 21.3 Å². The normalized spacial score (nSPS) is 23.4. The minimum Gasteiger partial charge on any atom is -0.328 e. The molecule has 0 radical (unpaired) electrons. The van der Waals surface area contributed by atoms with Crippen LogP contribution in [-0.2, 0) is 6.54 Å². The van der Waals surface area contributed by atoms with E-state index in [0.717, 1.165) is 41.4 Å². The molecule has 1 aliphatic rings. The number of nitrogens with one attached hydrogen (secondary N) is 2. The first-order valence-electron chi connectivity index (χ1n) is 9.09. The number of likely N-dealkylation sites (tertiary alicyclic amines) is 1. The van der Waals surface area contributed by atoms with Crippen molar-refractivity contribution in [3.63, 3.8) is 0 Å². The Hall–Kier alpha value is -2.05. The molecule has 6 heteroatoms. The van der Waals surface area contributed by atoms with E-state index >= 15 is 0 Å². The van der Waals surface area contributed by atoms with Crippen LogP contribution in [0, 0.1) is 17.7 Å². The van der Waals surface area contributed by atoms with E-state index < -0.39 is 0 Å². The number of aromatic amines is 1. The molecule has 26 heavy (non-hydrogen) atoms. The molecule has 2 atom stereocenters. The maximum Gasteiger partial charge on any atom is 0.260 e. The van der Waals surface area contributed by atoms with Crippen LogP contribution in [0.5, 0.6) is 0 Å². The molecule has 2 aromatic heterocycles. The van der Waals surface area contributed by atoms with Crippen LogP contribution in [0.4, 0.5) is 4.39 Å². The van der Waals surface area contributed by atoms with Gasteiger partial charge in [0.15, 0.2) is 5.82 Å². The van der Waals surface area contributed by atoms with Gasteiger partial charge >= 0.3 is 0 Å². The van der Waals surface area contributed by atoms with Gasteiger partial charge < -0.3 is 9.88 Å². The Kier molecular flexibility index (Phi) is 4.63. The highest BCUT2D eigenvalue weighted by atomic mass is 32.1. The van der Waals surface area contributed by atoms with Crippen LogP contribution in [0.2, 0.25) is 0 Å². The molecule has 4 nitrogen and oxygen atoms in total. The number of hydrogen-bond donors (Lipinski definition) is 2. The van der Waals surface area contributed by atoms with Crippen LogP contribution < -0.4 is 10.5 Å². The third-order valence-corrected chi connectivity index (χ3v) is 6.02. The number of piperidine rings is 1. The lowest BCUT2D eigenvalue weighted by atomic mass is 9.92. The first-order valence-corrected chi connectivity index (χ1v) is 9.97. The third kappa shape index (κ3) is 3.44. The monoisotopic (exact) mass is 372 g/mol. The average Bonchev–Trinajstić information content (AvgIpc) is 2.99. The summed E-state index contributed by atoms with van der Waals surface area (Å²) >= 11 is 1.47. The fourth-order valence-electron chi connectivity index (χ4n) is 4.22. The maximum atomic E-state index is 13.2. The fourth-order valence-corrected chi connectivity index (χ4v) is 5.19. The minimum atomic E-state index is -0.282. The van der Waals surface area contributed by atoms with Crippen molar-refractivity contribution in [3.05, 3.63) is 51.6 Å². The summed E-state index contributed by atoms with van der Waals surface area (Å²) in [5.41, 5.74) is 1.54. The Labute approximate surface area is 155 Å². The van der Waals surface area contributed by atoms with E-state index in [1.807, 2.05) is 5.38 Å². The number of thiophene rings is 1. The standard InChI is InChI=1S/C20H22FN3OS/c1-12-7-13(2)9-24(8-12)10-17-22-19(25)18-16(11-26-20(18)23-17)14-3-5-15(21)6-4-14/h3-6,11-13H,7-10H2,1-2H3,(H,22,23,25)/p+1/t12-,13-/m0/s1. The van der Waals surface area contributed by atoms with Crippen LogP contribution in [0.15, 0.2) is 34.4 Å². The molecule has 3 heterocycles. The van der Waals surface area contributed by atoms with E-state index in [1.54, 1.807) is 12.1 Å². The van der Waals surface area contributed by atoms with Crippen LogP contribution in [0.1, 0.15) is 26.1 Å². The Balaban J connectivity index is 1.66. The minimum absolute atomic E-state index is 0.108. The quantitative estimate of drug-likeness (QED) is 0.743. The third-order valence-electron chi connectivity index (χ3n) is 5.14. The molecule has 0 amide bonds. The van der Waals surface area contributed by atoms with Gasteiger partial charge in [-0.15, -0.1) is 11.3 Å². The first-order chi connectivity index (χ1) is 12.5. The molecule has 0 saturated carbocycles. The van der Waals surface area contributed by atoms with Crippen molar-refractivity contribution in [2.45, 2.75) is 26.8 Å². The van der Waals surface area contributed by atoms with Gasteiger partial charge in [-0.3, -0.25) is 4.79 Å². The number of benzene rings is 1. The number of hydrogen-bond acceptors (Lipinski definition) is 3. The van der Waals surface area contributed by atoms with E-state index in [2.05, 4.69) is 18.8 Å². The van der Waals surface area contributed by atoms with Crippen LogP contribution >= 0.6 is 11.3 Å². The van der Waals surface area contributed by atoms with Crippen molar-refractivity contribution in [1.82, 2.24) is 9.97 Å². The predicted molar refractivity (Wildman–Crippen MR) is 103 cm³/mol. The number of rotatable bonds is 3. The molecule has 1 aromatic carbocycles. The number of halogens is 1. The van der Waals surface area contributed by atoms with Crippen molar-refractivity contribution in [1.29, 1.82) is 0 Å². The Morgan fingerprint density at radius 1 is 1.23 bits per heavy atom. The first kappa shape index (κ1) is 17.4. The summed E-state index contributed by atoms with van der Waals surface area (Å²) in [5.74, 6) is 1.88. The molecule has 0 bridgehead atoms. The molecule has 1 aliphatic heterocycles. The maximum absolute atomic E-state index is 13.2. The van der Waals surface area contributed by atoms with E-state index in [1.165, 1.54) is 34.8 Å². The molecule has 3 aromatic rings. The number of quaternary nitrogens is 1. The number of H-pyrrole nitrogens is 1. The van der Waals surface area contributed by atoms with E-state index in [9.17, 15) is 9.18 Å². The van der Waals surface area contributed by atoms with Crippen LogP contribution in [-0.4, -0.2) is 23.1 Å². The Morgan fingerprint density at radius 3 is 2.62 bits per heavy atom. The second-order valence-corrected chi connectivity index (χ2v) is 8.49. The van der Waals surface area contributed by atoms with Gasteiger partial charge in [0.2, 0.25) is 0 Å². The molecule has 1 fully saturated rings. The molecule has 0 unspecified atom stereocenters. The van der Waals surface area contributed by atoms with E-state index in [0.29, 0.717) is 17.2 Å². The predicted octanol–water partition coefficient (Wildman–Crippen LogP) is 2.85. The lowest BCUT2D eigenvalue weighted by molar-refractivity contribution is -0.926. The fraction of sp³-hybridized carbons (Fsp3) is 0.400. The molecule has 136 valence electrons. The van der Waals surface area contributed by atoms with Gasteiger partial charge in [-0.2, -0.15) is 0 Å². The van der Waals surface area contributed by atoms with Gasteiger partial charge in [0.05, 0.1) is 18.5 Å². The summed E-state index contributed by atoms with van der Waals surface area (Å²) in [4.78, 5) is 22.6. The van der Waals surface area contributed by atoms with E-state index in [4.69, 9.17) is 4.98 Å². The molecule has 1 saturated heterocycles. The number of fused-ring (bicyclic) bond motifs is 1. The topological polar surface area (TPSA) is 50.2 Å². The zero-order valence-corrected chi connectivity index (χ0v) is 15.8. The van der Waals surface area contributed by atoms with Gasteiger partial charge in [-0.1, -0.05) is 26.0 Å². The van der Waals surface area contributed by atoms with Crippen LogP contribution in [0.3, 0.4) is 0 Å². The zero-order chi connectivity index (χ0) is 18.3. The summed E-state index contributed by atoms with van der Waals surface area (Å²) < 4.78 is 13.2. The van der Waals surface area contributed by atoms with Gasteiger partial charge in [-0.05, 0) is 24.1 Å². The lowest BCUT2D eigenvalue weighted by Gasteiger charge is -2.31.